The van der Waals surface area contributed by atoms with Gasteiger partial charge in [0.1, 0.15) is 5.41 Å². The standard InChI is InChI=1S/C14H21NO3/c1-3-18-8-7-14(10-15,13(16)17)12-6-4-5-11(2)9-12/h4-6,9H,3,7-8,10,15H2,1-2H3,(H,16,17). The van der Waals surface area contributed by atoms with Crippen molar-refractivity contribution in [1.29, 1.82) is 0 Å². The van der Waals surface area contributed by atoms with Gasteiger partial charge >= 0.3 is 5.97 Å². The normalized spacial score (nSPS) is 14.2. The summed E-state index contributed by atoms with van der Waals surface area (Å²) in [7, 11) is 0. The van der Waals surface area contributed by atoms with Crippen molar-refractivity contribution in [2.24, 2.45) is 5.73 Å². The van der Waals surface area contributed by atoms with Gasteiger partial charge < -0.3 is 15.6 Å². The monoisotopic (exact) mass is 251 g/mol. The molecule has 0 heterocycles. The molecular formula is C14H21NO3. The Bertz CT molecular complexity index is 406. The topological polar surface area (TPSA) is 72.5 Å². The van der Waals surface area contributed by atoms with Gasteiger partial charge in [-0.05, 0) is 25.8 Å². The number of ether oxygens (including phenoxy) is 1. The highest BCUT2D eigenvalue weighted by Gasteiger charge is 2.38. The number of aliphatic carboxylic acids is 1. The van der Waals surface area contributed by atoms with Crippen LogP contribution in [0.15, 0.2) is 24.3 Å². The van der Waals surface area contributed by atoms with Gasteiger partial charge in [-0.2, -0.15) is 0 Å². The van der Waals surface area contributed by atoms with Crippen molar-refractivity contribution in [3.05, 3.63) is 35.4 Å². The number of nitrogens with two attached hydrogens (primary N) is 1. The van der Waals surface area contributed by atoms with Crippen molar-refractivity contribution in [3.8, 4) is 0 Å². The molecule has 0 saturated carbocycles. The largest absolute Gasteiger partial charge is 0.481 e. The van der Waals surface area contributed by atoms with Crippen LogP contribution in [0.2, 0.25) is 0 Å². The summed E-state index contributed by atoms with van der Waals surface area (Å²) in [6.07, 6.45) is 0.385. The van der Waals surface area contributed by atoms with Crippen molar-refractivity contribution in [2.75, 3.05) is 19.8 Å². The fourth-order valence-corrected chi connectivity index (χ4v) is 2.02. The Morgan fingerprint density at radius 2 is 2.22 bits per heavy atom. The summed E-state index contributed by atoms with van der Waals surface area (Å²) in [4.78, 5) is 11.6. The molecule has 3 N–H and O–H groups in total. The predicted molar refractivity (Wildman–Crippen MR) is 70.7 cm³/mol. The van der Waals surface area contributed by atoms with Crippen LogP contribution in [-0.4, -0.2) is 30.8 Å². The summed E-state index contributed by atoms with van der Waals surface area (Å²) in [6, 6.07) is 7.50. The van der Waals surface area contributed by atoms with E-state index in [1.54, 1.807) is 0 Å². The molecule has 0 amide bonds. The first kappa shape index (κ1) is 14.7. The lowest BCUT2D eigenvalue weighted by Crippen LogP contribution is -2.44. The molecule has 0 bridgehead atoms. The van der Waals surface area contributed by atoms with E-state index in [9.17, 15) is 9.90 Å². The van der Waals surface area contributed by atoms with Gasteiger partial charge in [0.05, 0.1) is 0 Å². The van der Waals surface area contributed by atoms with Crippen LogP contribution >= 0.6 is 0 Å². The Morgan fingerprint density at radius 1 is 1.50 bits per heavy atom. The number of benzene rings is 1. The molecule has 0 radical (unpaired) electrons. The molecule has 0 spiro atoms. The molecule has 0 aromatic heterocycles. The smallest absolute Gasteiger partial charge is 0.315 e. The first-order chi connectivity index (χ1) is 8.56. The zero-order chi connectivity index (χ0) is 13.6. The maximum Gasteiger partial charge on any atom is 0.315 e. The highest BCUT2D eigenvalue weighted by molar-refractivity contribution is 5.81. The zero-order valence-corrected chi connectivity index (χ0v) is 11.0. The van der Waals surface area contributed by atoms with Crippen LogP contribution < -0.4 is 5.73 Å². The molecule has 0 saturated heterocycles. The summed E-state index contributed by atoms with van der Waals surface area (Å²) >= 11 is 0. The molecule has 1 rings (SSSR count). The highest BCUT2D eigenvalue weighted by atomic mass is 16.5. The number of carbonyl (C=O) groups is 1. The molecule has 0 fully saturated rings. The molecule has 1 atom stereocenters. The summed E-state index contributed by atoms with van der Waals surface area (Å²) in [5.74, 6) is -0.893. The molecule has 4 nitrogen and oxygen atoms in total. The quantitative estimate of drug-likeness (QED) is 0.723. The number of hydrogen-bond acceptors (Lipinski definition) is 3. The number of carboxylic acid groups (broad SMARTS) is 1. The minimum Gasteiger partial charge on any atom is -0.481 e. The molecule has 0 aliphatic carbocycles. The molecule has 0 aliphatic rings. The Kier molecular flexibility index (Phi) is 5.31. The minimum atomic E-state index is -1.05. The van der Waals surface area contributed by atoms with E-state index >= 15 is 0 Å². The van der Waals surface area contributed by atoms with Gasteiger partial charge in [0.15, 0.2) is 0 Å². The van der Waals surface area contributed by atoms with Gasteiger partial charge in [-0.15, -0.1) is 0 Å². The summed E-state index contributed by atoms with van der Waals surface area (Å²) in [5, 5.41) is 9.53. The van der Waals surface area contributed by atoms with Crippen molar-refractivity contribution in [1.82, 2.24) is 0 Å². The van der Waals surface area contributed by atoms with Gasteiger partial charge in [0, 0.05) is 19.8 Å². The van der Waals surface area contributed by atoms with Gasteiger partial charge in [-0.25, -0.2) is 0 Å². The lowest BCUT2D eigenvalue weighted by atomic mass is 9.77. The lowest BCUT2D eigenvalue weighted by Gasteiger charge is -2.28. The number of hydrogen-bond donors (Lipinski definition) is 2. The van der Waals surface area contributed by atoms with Crippen LogP contribution in [0, 0.1) is 6.92 Å². The predicted octanol–water partition coefficient (Wildman–Crippen LogP) is 1.70. The van der Waals surface area contributed by atoms with Crippen molar-refractivity contribution in [2.45, 2.75) is 25.7 Å². The SMILES string of the molecule is CCOCCC(CN)(C(=O)O)c1cccc(C)c1. The Morgan fingerprint density at radius 3 is 2.72 bits per heavy atom. The maximum absolute atomic E-state index is 11.6. The molecule has 100 valence electrons. The molecular weight excluding hydrogens is 230 g/mol. The zero-order valence-electron chi connectivity index (χ0n) is 11.0. The average Bonchev–Trinajstić information content (AvgIpc) is 2.34. The van der Waals surface area contributed by atoms with Gasteiger partial charge in [0.25, 0.3) is 0 Å². The van der Waals surface area contributed by atoms with E-state index in [-0.39, 0.29) is 6.54 Å². The van der Waals surface area contributed by atoms with E-state index in [1.165, 1.54) is 0 Å². The minimum absolute atomic E-state index is 0.0683. The molecule has 1 aromatic rings. The number of carboxylic acids is 1. The van der Waals surface area contributed by atoms with E-state index in [4.69, 9.17) is 10.5 Å². The van der Waals surface area contributed by atoms with Crippen molar-refractivity contribution in [3.63, 3.8) is 0 Å². The third kappa shape index (κ3) is 3.09. The summed E-state index contributed by atoms with van der Waals surface area (Å²) < 4.78 is 5.27. The van der Waals surface area contributed by atoms with Crippen LogP contribution in [0.25, 0.3) is 0 Å². The first-order valence-corrected chi connectivity index (χ1v) is 6.15. The van der Waals surface area contributed by atoms with Crippen LogP contribution in [0.1, 0.15) is 24.5 Å². The van der Waals surface area contributed by atoms with Crippen LogP contribution in [0.5, 0.6) is 0 Å². The second-order valence-corrected chi connectivity index (χ2v) is 4.41. The first-order valence-electron chi connectivity index (χ1n) is 6.15. The number of aryl methyl sites for hydroxylation is 1. The Balaban J connectivity index is 3.06. The van der Waals surface area contributed by atoms with Crippen molar-refractivity contribution < 1.29 is 14.6 Å². The van der Waals surface area contributed by atoms with E-state index in [0.717, 1.165) is 11.1 Å². The highest BCUT2D eigenvalue weighted by Crippen LogP contribution is 2.28. The van der Waals surface area contributed by atoms with E-state index in [0.29, 0.717) is 19.6 Å². The van der Waals surface area contributed by atoms with Gasteiger partial charge in [0.2, 0.25) is 0 Å². The second kappa shape index (κ2) is 6.52. The summed E-state index contributed by atoms with van der Waals surface area (Å²) in [5.41, 5.74) is 6.46. The lowest BCUT2D eigenvalue weighted by molar-refractivity contribution is -0.144. The third-order valence-corrected chi connectivity index (χ3v) is 3.21. The Hall–Kier alpha value is -1.39. The van der Waals surface area contributed by atoms with E-state index in [2.05, 4.69) is 0 Å². The molecule has 18 heavy (non-hydrogen) atoms. The fourth-order valence-electron chi connectivity index (χ4n) is 2.02. The van der Waals surface area contributed by atoms with E-state index in [1.807, 2.05) is 38.1 Å². The van der Waals surface area contributed by atoms with Crippen molar-refractivity contribution >= 4 is 5.97 Å². The van der Waals surface area contributed by atoms with Gasteiger partial charge in [-0.3, -0.25) is 4.79 Å². The second-order valence-electron chi connectivity index (χ2n) is 4.41. The van der Waals surface area contributed by atoms with Crippen LogP contribution in [0.3, 0.4) is 0 Å². The summed E-state index contributed by atoms with van der Waals surface area (Å²) in [6.45, 7) is 4.87. The fraction of sp³-hybridized carbons (Fsp3) is 0.500. The number of rotatable bonds is 7. The molecule has 0 aliphatic heterocycles. The van der Waals surface area contributed by atoms with E-state index < -0.39 is 11.4 Å². The molecule has 1 aromatic carbocycles. The third-order valence-electron chi connectivity index (χ3n) is 3.21. The maximum atomic E-state index is 11.6. The van der Waals surface area contributed by atoms with Crippen LogP contribution in [-0.2, 0) is 14.9 Å². The molecule has 4 heteroatoms. The Labute approximate surface area is 108 Å². The van der Waals surface area contributed by atoms with Gasteiger partial charge in [-0.1, -0.05) is 29.8 Å². The molecule has 1 unspecified atom stereocenters. The van der Waals surface area contributed by atoms with Crippen LogP contribution in [0.4, 0.5) is 0 Å². The average molecular weight is 251 g/mol.